The van der Waals surface area contributed by atoms with Crippen LogP contribution in [0.5, 0.6) is 0 Å². The molecule has 0 aromatic rings. The molecule has 5 heteroatoms. The van der Waals surface area contributed by atoms with Crippen molar-refractivity contribution in [3.8, 4) is 0 Å². The quantitative estimate of drug-likeness (QED) is 0.293. The SMILES string of the molecule is C=CCCCCCCCCC1=[N+](CCO)CCN1CCC(=O)O. The van der Waals surface area contributed by atoms with Crippen molar-refractivity contribution in [3.05, 3.63) is 12.7 Å². The Kier molecular flexibility index (Phi) is 10.4. The van der Waals surface area contributed by atoms with Crippen LogP contribution in [0.1, 0.15) is 57.8 Å². The second kappa shape index (κ2) is 12.1. The van der Waals surface area contributed by atoms with Gasteiger partial charge in [-0.25, -0.2) is 0 Å². The molecule has 0 bridgehead atoms. The minimum Gasteiger partial charge on any atom is -0.481 e. The van der Waals surface area contributed by atoms with Gasteiger partial charge in [0, 0.05) is 6.42 Å². The van der Waals surface area contributed by atoms with Crippen LogP contribution in [0, 0.1) is 0 Å². The summed E-state index contributed by atoms with van der Waals surface area (Å²) < 4.78 is 2.21. The summed E-state index contributed by atoms with van der Waals surface area (Å²) in [6.07, 6.45) is 11.7. The van der Waals surface area contributed by atoms with Crippen LogP contribution in [0.3, 0.4) is 0 Å². The summed E-state index contributed by atoms with van der Waals surface area (Å²) in [5.41, 5.74) is 0. The molecule has 0 fully saturated rings. The summed E-state index contributed by atoms with van der Waals surface area (Å²) in [6.45, 7) is 6.90. The van der Waals surface area contributed by atoms with E-state index in [1.54, 1.807) is 0 Å². The van der Waals surface area contributed by atoms with Crippen LogP contribution in [0.4, 0.5) is 0 Å². The van der Waals surface area contributed by atoms with E-state index >= 15 is 0 Å². The Morgan fingerprint density at radius 1 is 1.22 bits per heavy atom. The molecule has 0 amide bonds. The summed E-state index contributed by atoms with van der Waals surface area (Å²) in [7, 11) is 0. The van der Waals surface area contributed by atoms with Gasteiger partial charge in [0.2, 0.25) is 5.84 Å². The van der Waals surface area contributed by atoms with Crippen LogP contribution in [0.25, 0.3) is 0 Å². The molecule has 1 rings (SSSR count). The highest BCUT2D eigenvalue weighted by atomic mass is 16.4. The molecule has 5 nitrogen and oxygen atoms in total. The second-order valence-corrected chi connectivity index (χ2v) is 6.21. The molecule has 0 saturated heterocycles. The Morgan fingerprint density at radius 2 is 1.91 bits per heavy atom. The first kappa shape index (κ1) is 19.7. The molecular formula is C18H33N2O3+. The van der Waals surface area contributed by atoms with Crippen molar-refractivity contribution < 1.29 is 19.6 Å². The number of amidine groups is 1. The standard InChI is InChI=1S/C18H32N2O3/c1-2-3-4-5-6-7-8-9-10-17-19(12-11-18(22)23)13-14-20(17)15-16-21/h2,21H,1,3-16H2/p+1. The minimum atomic E-state index is -0.746. The van der Waals surface area contributed by atoms with Crippen LogP contribution in [0.15, 0.2) is 12.7 Å². The van der Waals surface area contributed by atoms with Crippen molar-refractivity contribution in [2.24, 2.45) is 0 Å². The summed E-state index contributed by atoms with van der Waals surface area (Å²) in [5, 5.41) is 18.1. The first-order valence-corrected chi connectivity index (χ1v) is 8.98. The van der Waals surface area contributed by atoms with Gasteiger partial charge in [0.15, 0.2) is 0 Å². The van der Waals surface area contributed by atoms with Gasteiger partial charge >= 0.3 is 5.97 Å². The molecule has 1 aliphatic rings. The van der Waals surface area contributed by atoms with Crippen LogP contribution in [0.2, 0.25) is 0 Å². The maximum absolute atomic E-state index is 10.8. The number of β-amino-alcohol motifs (C(OH)–C–C–N with tert-alkyl or cyclic N) is 1. The summed E-state index contributed by atoms with van der Waals surface area (Å²) >= 11 is 0. The molecule has 0 saturated carbocycles. The number of aliphatic hydroxyl groups is 1. The number of carboxylic acid groups (broad SMARTS) is 1. The lowest BCUT2D eigenvalue weighted by Crippen LogP contribution is -2.32. The summed E-state index contributed by atoms with van der Waals surface area (Å²) in [4.78, 5) is 13.0. The van der Waals surface area contributed by atoms with E-state index in [-0.39, 0.29) is 13.0 Å². The zero-order valence-corrected chi connectivity index (χ0v) is 14.4. The van der Waals surface area contributed by atoms with Gasteiger partial charge in [0.1, 0.15) is 19.6 Å². The monoisotopic (exact) mass is 325 g/mol. The van der Waals surface area contributed by atoms with Gasteiger partial charge in [0.25, 0.3) is 0 Å². The average Bonchev–Trinajstić information content (AvgIpc) is 2.90. The Labute approximate surface area is 140 Å². The lowest BCUT2D eigenvalue weighted by Gasteiger charge is -2.12. The zero-order chi connectivity index (χ0) is 16.9. The number of aliphatic hydroxyl groups excluding tert-OH is 1. The molecule has 0 aromatic heterocycles. The first-order chi connectivity index (χ1) is 11.2. The van der Waals surface area contributed by atoms with E-state index in [0.717, 1.165) is 32.4 Å². The molecule has 0 radical (unpaired) electrons. The highest BCUT2D eigenvalue weighted by molar-refractivity contribution is 5.79. The van der Waals surface area contributed by atoms with Crippen molar-refractivity contribution in [3.63, 3.8) is 0 Å². The molecule has 23 heavy (non-hydrogen) atoms. The number of carbonyl (C=O) groups is 1. The van der Waals surface area contributed by atoms with Gasteiger partial charge in [0.05, 0.1) is 19.6 Å². The van der Waals surface area contributed by atoms with E-state index in [2.05, 4.69) is 16.1 Å². The van der Waals surface area contributed by atoms with Crippen LogP contribution < -0.4 is 0 Å². The fraction of sp³-hybridized carbons (Fsp3) is 0.778. The lowest BCUT2D eigenvalue weighted by molar-refractivity contribution is -0.521. The Bertz CT molecular complexity index is 394. The van der Waals surface area contributed by atoms with Crippen molar-refractivity contribution in [1.82, 2.24) is 4.90 Å². The number of hydrogen-bond donors (Lipinski definition) is 2. The molecule has 1 aliphatic heterocycles. The molecule has 0 aliphatic carbocycles. The number of carboxylic acids is 1. The van der Waals surface area contributed by atoms with Crippen molar-refractivity contribution in [2.45, 2.75) is 57.8 Å². The number of unbranched alkanes of at least 4 members (excludes halogenated alkanes) is 6. The van der Waals surface area contributed by atoms with Crippen molar-refractivity contribution >= 4 is 11.8 Å². The van der Waals surface area contributed by atoms with E-state index in [9.17, 15) is 9.90 Å². The minimum absolute atomic E-state index is 0.152. The fourth-order valence-corrected chi connectivity index (χ4v) is 3.13. The van der Waals surface area contributed by atoms with Crippen LogP contribution >= 0.6 is 0 Å². The number of nitrogens with zero attached hydrogens (tertiary/aromatic N) is 2. The van der Waals surface area contributed by atoms with E-state index < -0.39 is 5.97 Å². The molecule has 0 aromatic carbocycles. The predicted octanol–water partition coefficient (Wildman–Crippen LogP) is 2.49. The van der Waals surface area contributed by atoms with E-state index in [0.29, 0.717) is 13.1 Å². The molecule has 0 atom stereocenters. The predicted molar refractivity (Wildman–Crippen MR) is 93.0 cm³/mol. The van der Waals surface area contributed by atoms with E-state index in [1.165, 1.54) is 37.9 Å². The number of hydrogen-bond acceptors (Lipinski definition) is 3. The lowest BCUT2D eigenvalue weighted by atomic mass is 10.1. The van der Waals surface area contributed by atoms with Crippen molar-refractivity contribution in [2.75, 3.05) is 32.8 Å². The third kappa shape index (κ3) is 8.16. The number of aliphatic carboxylic acids is 1. The first-order valence-electron chi connectivity index (χ1n) is 8.98. The number of allylic oxidation sites excluding steroid dienone is 1. The zero-order valence-electron chi connectivity index (χ0n) is 14.4. The highest BCUT2D eigenvalue weighted by Crippen LogP contribution is 2.13. The van der Waals surface area contributed by atoms with Gasteiger partial charge in [-0.1, -0.05) is 31.8 Å². The molecule has 132 valence electrons. The van der Waals surface area contributed by atoms with E-state index in [1.807, 2.05) is 6.08 Å². The van der Waals surface area contributed by atoms with E-state index in [4.69, 9.17) is 5.11 Å². The molecule has 0 spiro atoms. The van der Waals surface area contributed by atoms with Crippen LogP contribution in [-0.4, -0.2) is 64.3 Å². The van der Waals surface area contributed by atoms with Crippen molar-refractivity contribution in [1.29, 1.82) is 0 Å². The maximum atomic E-state index is 10.8. The highest BCUT2D eigenvalue weighted by Gasteiger charge is 2.29. The third-order valence-corrected chi connectivity index (χ3v) is 4.39. The third-order valence-electron chi connectivity index (χ3n) is 4.39. The fourth-order valence-electron chi connectivity index (χ4n) is 3.13. The topological polar surface area (TPSA) is 63.8 Å². The maximum Gasteiger partial charge on any atom is 0.307 e. The van der Waals surface area contributed by atoms with Gasteiger partial charge in [-0.05, 0) is 19.3 Å². The summed E-state index contributed by atoms with van der Waals surface area (Å²) in [5.74, 6) is 0.483. The second-order valence-electron chi connectivity index (χ2n) is 6.21. The van der Waals surface area contributed by atoms with Gasteiger partial charge in [-0.2, -0.15) is 0 Å². The average molecular weight is 325 g/mol. The Hall–Kier alpha value is -1.36. The normalized spacial score (nSPS) is 14.6. The molecule has 1 heterocycles. The molecule has 0 unspecified atom stereocenters. The van der Waals surface area contributed by atoms with Gasteiger partial charge in [-0.3, -0.25) is 14.3 Å². The smallest absolute Gasteiger partial charge is 0.307 e. The largest absolute Gasteiger partial charge is 0.481 e. The Morgan fingerprint density at radius 3 is 2.57 bits per heavy atom. The Balaban J connectivity index is 2.31. The van der Waals surface area contributed by atoms with Gasteiger partial charge < -0.3 is 10.2 Å². The van der Waals surface area contributed by atoms with Gasteiger partial charge in [-0.15, -0.1) is 6.58 Å². The number of rotatable bonds is 14. The summed E-state index contributed by atoms with van der Waals surface area (Å²) in [6, 6.07) is 0. The molecule has 2 N–H and O–H groups in total. The van der Waals surface area contributed by atoms with Crippen LogP contribution in [-0.2, 0) is 4.79 Å². The molecular weight excluding hydrogens is 292 g/mol.